The number of halogens is 2. The fraction of sp³-hybridized carbons (Fsp3) is 0. The third kappa shape index (κ3) is 2.20. The Morgan fingerprint density at radius 3 is 2.36 bits per heavy atom. The molecule has 1 rings (SSSR count). The molecule has 1 aromatic carbocycles. The highest BCUT2D eigenvalue weighted by atomic mass is 79.9. The summed E-state index contributed by atoms with van der Waals surface area (Å²) in [5.74, 6) is 0.446. The number of nitrogens with two attached hydrogens (primary N) is 1. The van der Waals surface area contributed by atoms with E-state index in [1.165, 1.54) is 0 Å². The fourth-order valence-electron chi connectivity index (χ4n) is 0.669. The van der Waals surface area contributed by atoms with E-state index in [1.54, 1.807) is 12.1 Å². The summed E-state index contributed by atoms with van der Waals surface area (Å²) in [5, 5.41) is 0.691. The largest absolute Gasteiger partial charge is 0.383 e. The van der Waals surface area contributed by atoms with Crippen molar-refractivity contribution in [2.24, 2.45) is 9.75 Å². The highest BCUT2D eigenvalue weighted by Crippen LogP contribution is 2.09. The summed E-state index contributed by atoms with van der Waals surface area (Å²) in [4.78, 5) is 0. The second-order valence-corrected chi connectivity index (χ2v) is 2.77. The van der Waals surface area contributed by atoms with Crippen molar-refractivity contribution < 1.29 is 0 Å². The van der Waals surface area contributed by atoms with Gasteiger partial charge in [-0.2, -0.15) is 4.02 Å². The minimum atomic E-state index is 0.446. The number of hydrogen-bond donors (Lipinski definition) is 1. The Labute approximate surface area is 78.4 Å². The number of amidine groups is 1. The lowest BCUT2D eigenvalue weighted by Crippen LogP contribution is -2.11. The Hall–Kier alpha value is -0.540. The van der Waals surface area contributed by atoms with Crippen LogP contribution < -0.4 is 5.73 Å². The van der Waals surface area contributed by atoms with Gasteiger partial charge >= 0.3 is 0 Å². The van der Waals surface area contributed by atoms with Crippen LogP contribution in [0.15, 0.2) is 28.3 Å². The molecule has 0 unspecified atom stereocenters. The first-order valence-electron chi connectivity index (χ1n) is 2.94. The lowest BCUT2D eigenvalue weighted by molar-refractivity contribution is 1.57. The second kappa shape index (κ2) is 3.74. The van der Waals surface area contributed by atoms with E-state index in [1.807, 2.05) is 12.1 Å². The average Bonchev–Trinajstić information content (AvgIpc) is 2.05. The van der Waals surface area contributed by atoms with Gasteiger partial charge in [0, 0.05) is 10.6 Å². The van der Waals surface area contributed by atoms with E-state index >= 15 is 0 Å². The molecule has 2 N–H and O–H groups in total. The van der Waals surface area contributed by atoms with Crippen molar-refractivity contribution in [3.63, 3.8) is 0 Å². The molecule has 4 heteroatoms. The summed E-state index contributed by atoms with van der Waals surface area (Å²) in [5.41, 5.74) is 6.36. The molecule has 0 radical (unpaired) electrons. The van der Waals surface area contributed by atoms with Crippen LogP contribution in [0.25, 0.3) is 0 Å². The zero-order valence-electron chi connectivity index (χ0n) is 5.59. The molecule has 2 nitrogen and oxygen atoms in total. The first-order chi connectivity index (χ1) is 5.24. The molecular weight excluding hydrogens is 227 g/mol. The van der Waals surface area contributed by atoms with Gasteiger partial charge in [-0.05, 0) is 24.3 Å². The quantitative estimate of drug-likeness (QED) is 0.587. The van der Waals surface area contributed by atoms with Crippen molar-refractivity contribution in [3.8, 4) is 0 Å². The van der Waals surface area contributed by atoms with Crippen molar-refractivity contribution in [1.29, 1.82) is 0 Å². The summed E-state index contributed by atoms with van der Waals surface area (Å²) < 4.78 is 3.65. The maximum absolute atomic E-state index is 5.67. The van der Waals surface area contributed by atoms with Crippen LogP contribution in [-0.4, -0.2) is 5.84 Å². The van der Waals surface area contributed by atoms with Gasteiger partial charge in [0.25, 0.3) is 0 Å². The third-order valence-corrected chi connectivity index (χ3v) is 1.87. The third-order valence-electron chi connectivity index (χ3n) is 1.23. The van der Waals surface area contributed by atoms with Crippen molar-refractivity contribution in [3.05, 3.63) is 34.9 Å². The highest BCUT2D eigenvalue weighted by molar-refractivity contribution is 9.08. The van der Waals surface area contributed by atoms with Gasteiger partial charge in [0.2, 0.25) is 0 Å². The molecule has 0 heterocycles. The zero-order valence-corrected chi connectivity index (χ0v) is 7.93. The second-order valence-electron chi connectivity index (χ2n) is 1.98. The van der Waals surface area contributed by atoms with E-state index in [0.29, 0.717) is 10.9 Å². The van der Waals surface area contributed by atoms with Gasteiger partial charge in [0.15, 0.2) is 0 Å². The Morgan fingerprint density at radius 1 is 1.36 bits per heavy atom. The molecule has 58 valence electrons. The minimum absolute atomic E-state index is 0.446. The number of rotatable bonds is 1. The topological polar surface area (TPSA) is 38.4 Å². The summed E-state index contributed by atoms with van der Waals surface area (Å²) in [6, 6.07) is 7.15. The van der Waals surface area contributed by atoms with E-state index in [2.05, 4.69) is 20.2 Å². The molecule has 0 saturated carbocycles. The van der Waals surface area contributed by atoms with Crippen molar-refractivity contribution >= 4 is 33.6 Å². The highest BCUT2D eigenvalue weighted by Gasteiger charge is 1.95. The number of benzene rings is 1. The molecule has 0 bridgehead atoms. The molecule has 0 fully saturated rings. The maximum Gasteiger partial charge on any atom is 0.138 e. The predicted octanol–water partition coefficient (Wildman–Crippen LogP) is 2.36. The van der Waals surface area contributed by atoms with Gasteiger partial charge in [-0.15, -0.1) is 0 Å². The van der Waals surface area contributed by atoms with Crippen LogP contribution in [0.5, 0.6) is 0 Å². The molecule has 0 aliphatic heterocycles. The van der Waals surface area contributed by atoms with Crippen LogP contribution in [0.1, 0.15) is 5.56 Å². The Kier molecular flexibility index (Phi) is 2.91. The summed E-state index contributed by atoms with van der Waals surface area (Å²) in [6.07, 6.45) is 0. The van der Waals surface area contributed by atoms with E-state index in [4.69, 9.17) is 17.3 Å². The van der Waals surface area contributed by atoms with Crippen molar-refractivity contribution in [2.45, 2.75) is 0 Å². The molecule has 1 aromatic rings. The summed E-state index contributed by atoms with van der Waals surface area (Å²) >= 11 is 8.57. The van der Waals surface area contributed by atoms with Gasteiger partial charge in [0.1, 0.15) is 5.84 Å². The van der Waals surface area contributed by atoms with Gasteiger partial charge in [-0.1, -0.05) is 11.6 Å². The molecule has 11 heavy (non-hydrogen) atoms. The Bertz CT molecular complexity index is 268. The van der Waals surface area contributed by atoms with Crippen LogP contribution in [0, 0.1) is 0 Å². The van der Waals surface area contributed by atoms with Gasteiger partial charge in [-0.25, -0.2) is 0 Å². The molecule has 0 amide bonds. The lowest BCUT2D eigenvalue weighted by atomic mass is 10.2. The van der Waals surface area contributed by atoms with E-state index in [9.17, 15) is 0 Å². The van der Waals surface area contributed by atoms with Crippen LogP contribution >= 0.6 is 27.7 Å². The van der Waals surface area contributed by atoms with Crippen molar-refractivity contribution in [1.82, 2.24) is 0 Å². The first kappa shape index (κ1) is 8.56. The lowest BCUT2D eigenvalue weighted by Gasteiger charge is -1.96. The van der Waals surface area contributed by atoms with Gasteiger partial charge in [0.05, 0.1) is 16.1 Å². The zero-order chi connectivity index (χ0) is 8.27. The molecule has 0 spiro atoms. The number of hydrogen-bond acceptors (Lipinski definition) is 1. The van der Waals surface area contributed by atoms with E-state index < -0.39 is 0 Å². The number of nitrogens with zero attached hydrogens (tertiary/aromatic N) is 1. The molecular formula is C7H6BrClN2. The molecule has 0 aromatic heterocycles. The van der Waals surface area contributed by atoms with Gasteiger partial charge < -0.3 is 5.73 Å². The molecule has 0 atom stereocenters. The normalized spacial score (nSPS) is 11.6. The van der Waals surface area contributed by atoms with Gasteiger partial charge in [-0.3, -0.25) is 0 Å². The maximum atomic E-state index is 5.67. The van der Waals surface area contributed by atoms with Crippen LogP contribution in [0.2, 0.25) is 5.02 Å². The monoisotopic (exact) mass is 232 g/mol. The predicted molar refractivity (Wildman–Crippen MR) is 51.1 cm³/mol. The van der Waals surface area contributed by atoms with Crippen molar-refractivity contribution in [2.75, 3.05) is 0 Å². The molecule has 0 aliphatic rings. The van der Waals surface area contributed by atoms with Crippen LogP contribution in [0.3, 0.4) is 0 Å². The van der Waals surface area contributed by atoms with E-state index in [0.717, 1.165) is 5.56 Å². The Morgan fingerprint density at radius 2 is 1.91 bits per heavy atom. The van der Waals surface area contributed by atoms with E-state index in [-0.39, 0.29) is 0 Å². The van der Waals surface area contributed by atoms with Crippen LogP contribution in [0.4, 0.5) is 0 Å². The van der Waals surface area contributed by atoms with Crippen LogP contribution in [-0.2, 0) is 0 Å². The SMILES string of the molecule is N/C(=N\Br)c1ccc(Cl)cc1. The fourth-order valence-corrected chi connectivity index (χ4v) is 1.00. The minimum Gasteiger partial charge on any atom is -0.383 e. The summed E-state index contributed by atoms with van der Waals surface area (Å²) in [6.45, 7) is 0. The summed E-state index contributed by atoms with van der Waals surface area (Å²) in [7, 11) is 0. The molecule has 0 saturated heterocycles. The standard InChI is InChI=1S/C7H6BrClN2/c8-11-7(10)5-1-3-6(9)4-2-5/h1-4H,(H2,10,11). The Balaban J connectivity index is 2.99. The average molecular weight is 233 g/mol. The molecule has 0 aliphatic carbocycles. The first-order valence-corrected chi connectivity index (χ1v) is 4.03. The smallest absolute Gasteiger partial charge is 0.138 e.